The van der Waals surface area contributed by atoms with Crippen LogP contribution in [-0.2, 0) is 22.6 Å². The molecule has 1 aromatic rings. The van der Waals surface area contributed by atoms with Crippen LogP contribution in [0.15, 0.2) is 12.4 Å². The quantitative estimate of drug-likeness (QED) is 0.847. The molecule has 3 rings (SSSR count). The van der Waals surface area contributed by atoms with Gasteiger partial charge in [0.15, 0.2) is 0 Å². The molecule has 2 N–H and O–H groups in total. The SMILES string of the molecule is NC(=O)N1Cc2nccn2CC(COCC(=O)N2CCCC2)C1. The van der Waals surface area contributed by atoms with Gasteiger partial charge >= 0.3 is 6.03 Å². The number of hydrogen-bond donors (Lipinski definition) is 1. The lowest BCUT2D eigenvalue weighted by Gasteiger charge is -2.22. The maximum absolute atomic E-state index is 12.0. The fraction of sp³-hybridized carbons (Fsp3) is 0.667. The van der Waals surface area contributed by atoms with Crippen molar-refractivity contribution >= 4 is 11.9 Å². The third-order valence-electron chi connectivity index (χ3n) is 4.42. The number of carbonyl (C=O) groups is 2. The van der Waals surface area contributed by atoms with E-state index in [1.54, 1.807) is 11.1 Å². The smallest absolute Gasteiger partial charge is 0.315 e. The molecular formula is C15H23N5O3. The fourth-order valence-electron chi connectivity index (χ4n) is 3.18. The van der Waals surface area contributed by atoms with Crippen LogP contribution in [0.4, 0.5) is 4.79 Å². The minimum absolute atomic E-state index is 0.0474. The molecule has 1 saturated heterocycles. The zero-order chi connectivity index (χ0) is 16.2. The summed E-state index contributed by atoms with van der Waals surface area (Å²) >= 11 is 0. The average Bonchev–Trinajstić information content (AvgIpc) is 3.16. The molecule has 3 heterocycles. The number of urea groups is 1. The van der Waals surface area contributed by atoms with Gasteiger partial charge in [-0.1, -0.05) is 0 Å². The second kappa shape index (κ2) is 6.99. The topological polar surface area (TPSA) is 93.7 Å². The Morgan fingerprint density at radius 1 is 1.26 bits per heavy atom. The van der Waals surface area contributed by atoms with Crippen molar-refractivity contribution in [3.05, 3.63) is 18.2 Å². The first-order valence-corrected chi connectivity index (χ1v) is 8.03. The summed E-state index contributed by atoms with van der Waals surface area (Å²) in [5, 5.41) is 0. The van der Waals surface area contributed by atoms with Crippen molar-refractivity contribution < 1.29 is 14.3 Å². The third-order valence-corrected chi connectivity index (χ3v) is 4.42. The van der Waals surface area contributed by atoms with Crippen molar-refractivity contribution in [2.75, 3.05) is 32.8 Å². The van der Waals surface area contributed by atoms with Crippen molar-refractivity contribution in [1.29, 1.82) is 0 Å². The largest absolute Gasteiger partial charge is 0.371 e. The minimum atomic E-state index is -0.459. The number of primary amides is 1. The Labute approximate surface area is 135 Å². The molecule has 1 atom stereocenters. The second-order valence-electron chi connectivity index (χ2n) is 6.18. The van der Waals surface area contributed by atoms with Crippen molar-refractivity contribution in [2.24, 2.45) is 11.7 Å². The summed E-state index contributed by atoms with van der Waals surface area (Å²) in [5.74, 6) is 0.954. The van der Waals surface area contributed by atoms with Crippen LogP contribution in [0.1, 0.15) is 18.7 Å². The number of fused-ring (bicyclic) bond motifs is 1. The number of nitrogens with two attached hydrogens (primary N) is 1. The van der Waals surface area contributed by atoms with Crippen LogP contribution < -0.4 is 5.73 Å². The molecule has 23 heavy (non-hydrogen) atoms. The zero-order valence-electron chi connectivity index (χ0n) is 13.2. The molecule has 0 spiro atoms. The van der Waals surface area contributed by atoms with Crippen molar-refractivity contribution in [1.82, 2.24) is 19.4 Å². The first-order valence-electron chi connectivity index (χ1n) is 8.03. The predicted molar refractivity (Wildman–Crippen MR) is 82.3 cm³/mol. The van der Waals surface area contributed by atoms with Crippen LogP contribution in [0, 0.1) is 5.92 Å². The van der Waals surface area contributed by atoms with Crippen LogP contribution in [0.2, 0.25) is 0 Å². The molecule has 3 amide bonds. The minimum Gasteiger partial charge on any atom is -0.371 e. The van der Waals surface area contributed by atoms with Gasteiger partial charge in [-0.3, -0.25) is 4.79 Å². The lowest BCUT2D eigenvalue weighted by Crippen LogP contribution is -2.39. The molecule has 0 saturated carbocycles. The first-order chi connectivity index (χ1) is 11.1. The van der Waals surface area contributed by atoms with E-state index >= 15 is 0 Å². The van der Waals surface area contributed by atoms with Crippen LogP contribution >= 0.6 is 0 Å². The second-order valence-corrected chi connectivity index (χ2v) is 6.18. The van der Waals surface area contributed by atoms with Gasteiger partial charge in [0.1, 0.15) is 12.4 Å². The van der Waals surface area contributed by atoms with E-state index in [9.17, 15) is 9.59 Å². The Bertz CT molecular complexity index is 567. The Hall–Kier alpha value is -2.09. The summed E-state index contributed by atoms with van der Waals surface area (Å²) in [6.45, 7) is 3.81. The normalized spacial score (nSPS) is 21.1. The van der Waals surface area contributed by atoms with Crippen molar-refractivity contribution in [3.63, 3.8) is 0 Å². The molecule has 2 aliphatic heterocycles. The van der Waals surface area contributed by atoms with E-state index in [0.29, 0.717) is 26.2 Å². The number of ether oxygens (including phenoxy) is 1. The molecule has 1 aromatic heterocycles. The Morgan fingerprint density at radius 2 is 2.04 bits per heavy atom. The standard InChI is InChI=1S/C15H23N5O3/c16-15(22)20-8-12(7-19-6-3-17-13(19)9-20)10-23-11-14(21)18-4-1-2-5-18/h3,6,12H,1-2,4-5,7-11H2,(H2,16,22). The van der Waals surface area contributed by atoms with E-state index in [1.165, 1.54) is 0 Å². The summed E-state index contributed by atoms with van der Waals surface area (Å²) < 4.78 is 7.63. The predicted octanol–water partition coefficient (Wildman–Crippen LogP) is 0.0326. The van der Waals surface area contributed by atoms with Gasteiger partial charge in [-0.25, -0.2) is 9.78 Å². The van der Waals surface area contributed by atoms with E-state index in [-0.39, 0.29) is 18.4 Å². The van der Waals surface area contributed by atoms with Crippen molar-refractivity contribution in [2.45, 2.75) is 25.9 Å². The zero-order valence-corrected chi connectivity index (χ0v) is 13.2. The Kier molecular flexibility index (Phi) is 4.80. The highest BCUT2D eigenvalue weighted by Gasteiger charge is 2.25. The maximum atomic E-state index is 12.0. The maximum Gasteiger partial charge on any atom is 0.315 e. The summed E-state index contributed by atoms with van der Waals surface area (Å²) in [4.78, 5) is 31.2. The molecule has 0 aliphatic carbocycles. The van der Waals surface area contributed by atoms with Gasteiger partial charge in [0.05, 0.1) is 13.2 Å². The number of likely N-dealkylation sites (tertiary alicyclic amines) is 1. The van der Waals surface area contributed by atoms with E-state index in [1.807, 2.05) is 15.7 Å². The van der Waals surface area contributed by atoms with E-state index < -0.39 is 6.03 Å². The van der Waals surface area contributed by atoms with Crippen molar-refractivity contribution in [3.8, 4) is 0 Å². The number of carbonyl (C=O) groups excluding carboxylic acids is 2. The van der Waals surface area contributed by atoms with Crippen LogP contribution in [0.3, 0.4) is 0 Å². The molecule has 0 bridgehead atoms. The highest BCUT2D eigenvalue weighted by Crippen LogP contribution is 2.16. The average molecular weight is 321 g/mol. The molecule has 1 unspecified atom stereocenters. The highest BCUT2D eigenvalue weighted by atomic mass is 16.5. The molecule has 8 heteroatoms. The molecule has 126 valence electrons. The summed E-state index contributed by atoms with van der Waals surface area (Å²) in [7, 11) is 0. The monoisotopic (exact) mass is 321 g/mol. The lowest BCUT2D eigenvalue weighted by atomic mass is 10.1. The summed E-state index contributed by atoms with van der Waals surface area (Å²) in [6, 6.07) is -0.459. The number of hydrogen-bond acceptors (Lipinski definition) is 4. The molecule has 1 fully saturated rings. The molecule has 0 radical (unpaired) electrons. The number of aromatic nitrogens is 2. The van der Waals surface area contributed by atoms with Gasteiger partial charge in [-0.2, -0.15) is 0 Å². The van der Waals surface area contributed by atoms with Crippen LogP contribution in [0.5, 0.6) is 0 Å². The van der Waals surface area contributed by atoms with Gasteiger partial charge in [0.2, 0.25) is 5.91 Å². The lowest BCUT2D eigenvalue weighted by molar-refractivity contribution is -0.135. The Balaban J connectivity index is 1.54. The number of imidazole rings is 1. The molecular weight excluding hydrogens is 298 g/mol. The van der Waals surface area contributed by atoms with Gasteiger partial charge in [-0.05, 0) is 12.8 Å². The third kappa shape index (κ3) is 3.82. The van der Waals surface area contributed by atoms with Gasteiger partial charge < -0.3 is 24.8 Å². The molecule has 0 aromatic carbocycles. The van der Waals surface area contributed by atoms with Crippen LogP contribution in [-0.4, -0.2) is 64.1 Å². The van der Waals surface area contributed by atoms with E-state index in [2.05, 4.69) is 4.98 Å². The molecule has 8 nitrogen and oxygen atoms in total. The van der Waals surface area contributed by atoms with Gasteiger partial charge in [0, 0.05) is 44.5 Å². The fourth-order valence-corrected chi connectivity index (χ4v) is 3.18. The Morgan fingerprint density at radius 3 is 2.78 bits per heavy atom. The first kappa shape index (κ1) is 15.8. The van der Waals surface area contributed by atoms with Crippen LogP contribution in [0.25, 0.3) is 0 Å². The number of nitrogens with zero attached hydrogens (tertiary/aromatic N) is 4. The van der Waals surface area contributed by atoms with E-state index in [0.717, 1.165) is 31.8 Å². The van der Waals surface area contributed by atoms with E-state index in [4.69, 9.17) is 10.5 Å². The highest BCUT2D eigenvalue weighted by molar-refractivity contribution is 5.77. The number of amides is 3. The molecule has 2 aliphatic rings. The number of rotatable bonds is 4. The van der Waals surface area contributed by atoms with Gasteiger partial charge in [0.25, 0.3) is 0 Å². The van der Waals surface area contributed by atoms with Gasteiger partial charge in [-0.15, -0.1) is 0 Å². The summed E-state index contributed by atoms with van der Waals surface area (Å²) in [5.41, 5.74) is 5.43. The summed E-state index contributed by atoms with van der Waals surface area (Å²) in [6.07, 6.45) is 5.76.